The van der Waals surface area contributed by atoms with Gasteiger partial charge >= 0.3 is 0 Å². The Morgan fingerprint density at radius 1 is 0.538 bits per heavy atom. The number of anilines is 4. The average molecular weight is 342 g/mol. The highest BCUT2D eigenvalue weighted by Gasteiger charge is 2.24. The van der Waals surface area contributed by atoms with Gasteiger partial charge in [-0.15, -0.1) is 0 Å². The van der Waals surface area contributed by atoms with Crippen LogP contribution < -0.4 is 21.3 Å². The second-order valence-corrected chi connectivity index (χ2v) is 7.21. The Morgan fingerprint density at radius 3 is 1.50 bits per heavy atom. The van der Waals surface area contributed by atoms with Gasteiger partial charge in [0.25, 0.3) is 0 Å². The van der Waals surface area contributed by atoms with Crippen molar-refractivity contribution in [2.24, 2.45) is 0 Å². The largest absolute Gasteiger partial charge is 0.360 e. The van der Waals surface area contributed by atoms with Crippen molar-refractivity contribution in [2.45, 2.75) is 26.2 Å². The minimum Gasteiger partial charge on any atom is -0.360 e. The van der Waals surface area contributed by atoms with Crippen molar-refractivity contribution in [2.75, 3.05) is 21.3 Å². The zero-order valence-corrected chi connectivity index (χ0v) is 14.9. The standard InChI is InChI=1S/C22H22N4/c1-13-6-8-17-19(10-13)25-21(23-17)15-4-3-5-16(12-15)22-24-18-9-7-14(2)11-20(18)26-22/h3-12,21-26H,1-2H3. The Labute approximate surface area is 153 Å². The third kappa shape index (κ3) is 2.54. The van der Waals surface area contributed by atoms with Crippen LogP contribution >= 0.6 is 0 Å². The number of nitrogens with one attached hydrogen (secondary N) is 4. The first-order valence-corrected chi connectivity index (χ1v) is 9.03. The van der Waals surface area contributed by atoms with Crippen LogP contribution in [0.5, 0.6) is 0 Å². The molecule has 3 aromatic rings. The molecule has 0 saturated carbocycles. The smallest absolute Gasteiger partial charge is 0.123 e. The molecule has 2 heterocycles. The van der Waals surface area contributed by atoms with Crippen molar-refractivity contribution in [3.8, 4) is 0 Å². The van der Waals surface area contributed by atoms with Crippen molar-refractivity contribution in [3.05, 3.63) is 82.9 Å². The van der Waals surface area contributed by atoms with E-state index >= 15 is 0 Å². The third-order valence-electron chi connectivity index (χ3n) is 5.13. The molecule has 4 N–H and O–H groups in total. The van der Waals surface area contributed by atoms with Gasteiger partial charge in [-0.1, -0.05) is 30.3 Å². The van der Waals surface area contributed by atoms with E-state index < -0.39 is 0 Å². The summed E-state index contributed by atoms with van der Waals surface area (Å²) < 4.78 is 0. The SMILES string of the molecule is Cc1ccc2c(c1)NC(c1cccc(C3Nc4ccc(C)cc4N3)c1)N2. The van der Waals surface area contributed by atoms with Crippen molar-refractivity contribution >= 4 is 22.7 Å². The highest BCUT2D eigenvalue weighted by atomic mass is 15.2. The summed E-state index contributed by atoms with van der Waals surface area (Å²) >= 11 is 0. The molecule has 4 heteroatoms. The van der Waals surface area contributed by atoms with Crippen LogP contribution in [0.4, 0.5) is 22.7 Å². The van der Waals surface area contributed by atoms with E-state index in [0.717, 1.165) is 11.4 Å². The third-order valence-corrected chi connectivity index (χ3v) is 5.13. The van der Waals surface area contributed by atoms with Crippen LogP contribution in [-0.2, 0) is 0 Å². The van der Waals surface area contributed by atoms with E-state index in [1.807, 2.05) is 0 Å². The zero-order valence-electron chi connectivity index (χ0n) is 14.9. The first-order valence-electron chi connectivity index (χ1n) is 9.03. The second kappa shape index (κ2) is 5.70. The summed E-state index contributed by atoms with van der Waals surface area (Å²) in [5, 5.41) is 14.3. The molecule has 4 nitrogen and oxygen atoms in total. The Hall–Kier alpha value is -3.14. The predicted octanol–water partition coefficient (Wildman–Crippen LogP) is 5.38. The van der Waals surface area contributed by atoms with E-state index in [9.17, 15) is 0 Å². The van der Waals surface area contributed by atoms with Crippen molar-refractivity contribution in [1.82, 2.24) is 0 Å². The van der Waals surface area contributed by atoms with Crippen LogP contribution in [0.15, 0.2) is 60.7 Å². The van der Waals surface area contributed by atoms with Gasteiger partial charge in [0, 0.05) is 0 Å². The Bertz CT molecular complexity index is 918. The van der Waals surface area contributed by atoms with Crippen LogP contribution in [-0.4, -0.2) is 0 Å². The Morgan fingerprint density at radius 2 is 1.00 bits per heavy atom. The van der Waals surface area contributed by atoms with Gasteiger partial charge in [-0.05, 0) is 66.4 Å². The molecule has 2 aliphatic heterocycles. The monoisotopic (exact) mass is 342 g/mol. The first kappa shape index (κ1) is 15.1. The van der Waals surface area contributed by atoms with E-state index in [1.165, 1.54) is 33.6 Å². The van der Waals surface area contributed by atoms with Gasteiger partial charge < -0.3 is 21.3 Å². The Balaban J connectivity index is 1.39. The minimum absolute atomic E-state index is 0.0952. The molecule has 5 rings (SSSR count). The fourth-order valence-corrected chi connectivity index (χ4v) is 3.75. The molecule has 0 amide bonds. The molecular weight excluding hydrogens is 320 g/mol. The molecule has 130 valence electrons. The molecule has 26 heavy (non-hydrogen) atoms. The van der Waals surface area contributed by atoms with Gasteiger partial charge in [-0.25, -0.2) is 0 Å². The van der Waals surface area contributed by atoms with Gasteiger partial charge in [0.2, 0.25) is 0 Å². The zero-order chi connectivity index (χ0) is 17.7. The maximum absolute atomic E-state index is 3.58. The molecule has 0 bridgehead atoms. The van der Waals surface area contributed by atoms with Crippen LogP contribution in [0.3, 0.4) is 0 Å². The Kier molecular flexibility index (Phi) is 3.32. The number of hydrogen-bond donors (Lipinski definition) is 4. The predicted molar refractivity (Wildman–Crippen MR) is 109 cm³/mol. The molecule has 0 spiro atoms. The lowest BCUT2D eigenvalue weighted by Crippen LogP contribution is -2.15. The quantitative estimate of drug-likeness (QED) is 0.505. The lowest BCUT2D eigenvalue weighted by Gasteiger charge is -2.17. The molecule has 0 aliphatic carbocycles. The van der Waals surface area contributed by atoms with Crippen molar-refractivity contribution in [3.63, 3.8) is 0 Å². The van der Waals surface area contributed by atoms with Crippen LogP contribution in [0.2, 0.25) is 0 Å². The molecule has 2 atom stereocenters. The van der Waals surface area contributed by atoms with Crippen molar-refractivity contribution in [1.29, 1.82) is 0 Å². The summed E-state index contributed by atoms with van der Waals surface area (Å²) in [7, 11) is 0. The lowest BCUT2D eigenvalue weighted by atomic mass is 10.1. The first-order chi connectivity index (χ1) is 12.7. The van der Waals surface area contributed by atoms with Gasteiger partial charge in [-0.2, -0.15) is 0 Å². The van der Waals surface area contributed by atoms with E-state index in [0.29, 0.717) is 0 Å². The maximum Gasteiger partial charge on any atom is 0.123 e. The lowest BCUT2D eigenvalue weighted by molar-refractivity contribution is 0.904. The fraction of sp³-hybridized carbons (Fsp3) is 0.182. The molecule has 2 aliphatic rings. The summed E-state index contributed by atoms with van der Waals surface area (Å²) in [4.78, 5) is 0. The van der Waals surface area contributed by atoms with E-state index in [4.69, 9.17) is 0 Å². The van der Waals surface area contributed by atoms with Crippen molar-refractivity contribution < 1.29 is 0 Å². The van der Waals surface area contributed by atoms with Gasteiger partial charge in [0.15, 0.2) is 0 Å². The average Bonchev–Trinajstić information content (AvgIpc) is 3.25. The summed E-state index contributed by atoms with van der Waals surface area (Å²) in [6.45, 7) is 4.24. The highest BCUT2D eigenvalue weighted by molar-refractivity contribution is 5.77. The van der Waals surface area contributed by atoms with Crippen LogP contribution in [0, 0.1) is 13.8 Å². The summed E-state index contributed by atoms with van der Waals surface area (Å²) in [6.07, 6.45) is 0.190. The molecule has 0 fully saturated rings. The fourth-order valence-electron chi connectivity index (χ4n) is 3.75. The van der Waals surface area contributed by atoms with Crippen LogP contribution in [0.1, 0.15) is 34.6 Å². The molecule has 0 radical (unpaired) electrons. The van der Waals surface area contributed by atoms with E-state index in [-0.39, 0.29) is 12.3 Å². The maximum atomic E-state index is 3.58. The normalized spacial score (nSPS) is 19.6. The highest BCUT2D eigenvalue weighted by Crippen LogP contribution is 2.38. The molecule has 3 aromatic carbocycles. The number of fused-ring (bicyclic) bond motifs is 2. The minimum atomic E-state index is 0.0952. The number of rotatable bonds is 2. The van der Waals surface area contributed by atoms with Gasteiger partial charge in [0.1, 0.15) is 12.3 Å². The summed E-state index contributed by atoms with van der Waals surface area (Å²) in [5.41, 5.74) is 9.64. The second-order valence-electron chi connectivity index (χ2n) is 7.21. The van der Waals surface area contributed by atoms with Gasteiger partial charge in [0.05, 0.1) is 22.7 Å². The summed E-state index contributed by atoms with van der Waals surface area (Å²) in [6, 6.07) is 21.6. The van der Waals surface area contributed by atoms with E-state index in [1.54, 1.807) is 0 Å². The number of benzene rings is 3. The topological polar surface area (TPSA) is 48.1 Å². The molecule has 0 aromatic heterocycles. The number of aryl methyl sites for hydroxylation is 2. The van der Waals surface area contributed by atoms with E-state index in [2.05, 4.69) is 95.8 Å². The molecule has 0 saturated heterocycles. The number of hydrogen-bond acceptors (Lipinski definition) is 4. The molecular formula is C22H22N4. The summed E-state index contributed by atoms with van der Waals surface area (Å²) in [5.74, 6) is 0. The molecule has 2 unspecified atom stereocenters. The van der Waals surface area contributed by atoms with Crippen LogP contribution in [0.25, 0.3) is 0 Å². The van der Waals surface area contributed by atoms with Gasteiger partial charge in [-0.3, -0.25) is 0 Å².